The molecule has 0 saturated heterocycles. The summed E-state index contributed by atoms with van der Waals surface area (Å²) < 4.78 is 5.06. The molecule has 0 heterocycles. The second-order valence-corrected chi connectivity index (χ2v) is 2.89. The molecule has 0 aliphatic heterocycles. The van der Waals surface area contributed by atoms with E-state index >= 15 is 0 Å². The monoisotopic (exact) mass is 176 g/mol. The summed E-state index contributed by atoms with van der Waals surface area (Å²) in [5, 5.41) is 11.6. The van der Waals surface area contributed by atoms with Gasteiger partial charge in [0.1, 0.15) is 0 Å². The predicted octanol–water partition coefficient (Wildman–Crippen LogP) is -0.853. The predicted molar refractivity (Wildman–Crippen MR) is 49.3 cm³/mol. The third-order valence-corrected chi connectivity index (χ3v) is 1.39. The van der Waals surface area contributed by atoms with Crippen LogP contribution in [-0.4, -0.2) is 63.6 Å². The van der Waals surface area contributed by atoms with Gasteiger partial charge in [-0.25, -0.2) is 0 Å². The van der Waals surface area contributed by atoms with Crippen molar-refractivity contribution in [3.05, 3.63) is 0 Å². The Balaban J connectivity index is 2.82. The number of nitrogens with one attached hydrogen (secondary N) is 1. The molecule has 4 nitrogen and oxygen atoms in total. The fraction of sp³-hybridized carbons (Fsp3) is 1.00. The first kappa shape index (κ1) is 11.8. The van der Waals surface area contributed by atoms with Crippen molar-refractivity contribution < 1.29 is 9.84 Å². The van der Waals surface area contributed by atoms with Crippen LogP contribution in [0.4, 0.5) is 0 Å². The van der Waals surface area contributed by atoms with Crippen LogP contribution >= 0.6 is 0 Å². The van der Waals surface area contributed by atoms with Gasteiger partial charge in [0, 0.05) is 19.6 Å². The van der Waals surface area contributed by atoms with E-state index in [1.165, 1.54) is 0 Å². The Morgan fingerprint density at radius 2 is 2.00 bits per heavy atom. The van der Waals surface area contributed by atoms with Crippen LogP contribution in [0.15, 0.2) is 0 Å². The maximum absolute atomic E-state index is 8.39. The largest absolute Gasteiger partial charge is 0.394 e. The average Bonchev–Trinajstić information content (AvgIpc) is 2.02. The first-order chi connectivity index (χ1) is 5.77. The van der Waals surface area contributed by atoms with E-state index in [1.54, 1.807) is 0 Å². The summed E-state index contributed by atoms with van der Waals surface area (Å²) in [6.07, 6.45) is 0. The molecule has 0 radical (unpaired) electrons. The summed E-state index contributed by atoms with van der Waals surface area (Å²) in [7, 11) is 4.09. The lowest BCUT2D eigenvalue weighted by Crippen LogP contribution is -2.29. The van der Waals surface area contributed by atoms with E-state index in [2.05, 4.69) is 10.2 Å². The zero-order valence-corrected chi connectivity index (χ0v) is 8.05. The first-order valence-corrected chi connectivity index (χ1v) is 4.31. The van der Waals surface area contributed by atoms with Crippen LogP contribution in [0.25, 0.3) is 0 Å². The number of nitrogens with zero attached hydrogens (tertiary/aromatic N) is 1. The molecule has 0 saturated carbocycles. The second kappa shape index (κ2) is 8.93. The Labute approximate surface area is 74.5 Å². The highest BCUT2D eigenvalue weighted by atomic mass is 16.5. The highest BCUT2D eigenvalue weighted by Gasteiger charge is 1.89. The average molecular weight is 176 g/mol. The van der Waals surface area contributed by atoms with E-state index in [0.29, 0.717) is 13.2 Å². The Hall–Kier alpha value is -0.160. The van der Waals surface area contributed by atoms with Gasteiger partial charge in [0.15, 0.2) is 0 Å². The van der Waals surface area contributed by atoms with Gasteiger partial charge < -0.3 is 20.1 Å². The van der Waals surface area contributed by atoms with Gasteiger partial charge in [0.2, 0.25) is 0 Å². The summed E-state index contributed by atoms with van der Waals surface area (Å²) in [6.45, 7) is 4.10. The topological polar surface area (TPSA) is 44.7 Å². The number of hydrogen-bond donors (Lipinski definition) is 2. The molecular formula is C8H20N2O2. The van der Waals surface area contributed by atoms with Crippen molar-refractivity contribution in [2.75, 3.05) is 53.6 Å². The van der Waals surface area contributed by atoms with E-state index in [-0.39, 0.29) is 6.61 Å². The van der Waals surface area contributed by atoms with Gasteiger partial charge in [-0.05, 0) is 14.1 Å². The zero-order chi connectivity index (χ0) is 9.23. The van der Waals surface area contributed by atoms with E-state index in [9.17, 15) is 0 Å². The molecule has 0 unspecified atom stereocenters. The number of likely N-dealkylation sites (N-methyl/N-ethyl adjacent to an activating group) is 1. The molecule has 4 heteroatoms. The molecule has 0 amide bonds. The van der Waals surface area contributed by atoms with Crippen LogP contribution in [0, 0.1) is 0 Å². The molecule has 0 spiro atoms. The van der Waals surface area contributed by atoms with E-state index in [1.807, 2.05) is 14.1 Å². The highest BCUT2D eigenvalue weighted by molar-refractivity contribution is 4.49. The van der Waals surface area contributed by atoms with Gasteiger partial charge in [-0.1, -0.05) is 0 Å². The van der Waals surface area contributed by atoms with Crippen molar-refractivity contribution in [1.82, 2.24) is 10.2 Å². The normalized spacial score (nSPS) is 11.0. The van der Waals surface area contributed by atoms with Gasteiger partial charge in [-0.3, -0.25) is 0 Å². The number of aliphatic hydroxyl groups is 1. The summed E-state index contributed by atoms with van der Waals surface area (Å²) in [4.78, 5) is 2.13. The van der Waals surface area contributed by atoms with Crippen molar-refractivity contribution in [2.24, 2.45) is 0 Å². The van der Waals surface area contributed by atoms with E-state index in [4.69, 9.17) is 9.84 Å². The van der Waals surface area contributed by atoms with Crippen molar-refractivity contribution in [3.8, 4) is 0 Å². The zero-order valence-electron chi connectivity index (χ0n) is 8.05. The molecule has 0 aromatic carbocycles. The molecule has 0 aromatic rings. The van der Waals surface area contributed by atoms with Crippen molar-refractivity contribution in [3.63, 3.8) is 0 Å². The number of aliphatic hydroxyl groups excluding tert-OH is 1. The fourth-order valence-corrected chi connectivity index (χ4v) is 0.739. The molecule has 12 heavy (non-hydrogen) atoms. The summed E-state index contributed by atoms with van der Waals surface area (Å²) >= 11 is 0. The quantitative estimate of drug-likeness (QED) is 0.473. The third kappa shape index (κ3) is 9.84. The van der Waals surface area contributed by atoms with Crippen LogP contribution < -0.4 is 5.32 Å². The lowest BCUT2D eigenvalue weighted by atomic mass is 10.5. The van der Waals surface area contributed by atoms with Crippen LogP contribution in [0.3, 0.4) is 0 Å². The Morgan fingerprint density at radius 3 is 2.58 bits per heavy atom. The molecule has 0 aromatic heterocycles. The number of ether oxygens (including phenoxy) is 1. The molecule has 74 valence electrons. The van der Waals surface area contributed by atoms with Crippen molar-refractivity contribution in [1.29, 1.82) is 0 Å². The van der Waals surface area contributed by atoms with Gasteiger partial charge >= 0.3 is 0 Å². The summed E-state index contributed by atoms with van der Waals surface area (Å²) in [6, 6.07) is 0. The number of hydrogen-bond acceptors (Lipinski definition) is 4. The maximum Gasteiger partial charge on any atom is 0.0698 e. The molecule has 0 aliphatic rings. The van der Waals surface area contributed by atoms with Gasteiger partial charge in [-0.2, -0.15) is 0 Å². The van der Waals surface area contributed by atoms with Gasteiger partial charge in [-0.15, -0.1) is 0 Å². The van der Waals surface area contributed by atoms with Crippen LogP contribution in [0.1, 0.15) is 0 Å². The van der Waals surface area contributed by atoms with Crippen molar-refractivity contribution >= 4 is 0 Å². The van der Waals surface area contributed by atoms with Crippen molar-refractivity contribution in [2.45, 2.75) is 0 Å². The summed E-state index contributed by atoms with van der Waals surface area (Å²) in [5.41, 5.74) is 0. The molecule has 0 bridgehead atoms. The summed E-state index contributed by atoms with van der Waals surface area (Å²) in [5.74, 6) is 0. The SMILES string of the molecule is CN(C)CCNCCOCCO. The fourth-order valence-electron chi connectivity index (χ4n) is 0.739. The minimum atomic E-state index is 0.109. The van der Waals surface area contributed by atoms with E-state index < -0.39 is 0 Å². The van der Waals surface area contributed by atoms with Gasteiger partial charge in [0.25, 0.3) is 0 Å². The Kier molecular flexibility index (Phi) is 8.81. The third-order valence-electron chi connectivity index (χ3n) is 1.39. The van der Waals surface area contributed by atoms with Crippen LogP contribution in [0.2, 0.25) is 0 Å². The molecule has 0 atom stereocenters. The lowest BCUT2D eigenvalue weighted by Gasteiger charge is -2.10. The first-order valence-electron chi connectivity index (χ1n) is 4.31. The van der Waals surface area contributed by atoms with Gasteiger partial charge in [0.05, 0.1) is 19.8 Å². The Bertz CT molecular complexity index is 89.1. The Morgan fingerprint density at radius 1 is 1.25 bits per heavy atom. The lowest BCUT2D eigenvalue weighted by molar-refractivity contribution is 0.0938. The highest BCUT2D eigenvalue weighted by Crippen LogP contribution is 1.73. The molecular weight excluding hydrogens is 156 g/mol. The second-order valence-electron chi connectivity index (χ2n) is 2.89. The van der Waals surface area contributed by atoms with Crippen LogP contribution in [0.5, 0.6) is 0 Å². The molecule has 0 rings (SSSR count). The smallest absolute Gasteiger partial charge is 0.0698 e. The van der Waals surface area contributed by atoms with Crippen LogP contribution in [-0.2, 0) is 4.74 Å². The molecule has 2 N–H and O–H groups in total. The minimum absolute atomic E-state index is 0.109. The minimum Gasteiger partial charge on any atom is -0.394 e. The van der Waals surface area contributed by atoms with E-state index in [0.717, 1.165) is 19.6 Å². The molecule has 0 fully saturated rings. The molecule has 0 aliphatic carbocycles. The standard InChI is InChI=1S/C8H20N2O2/c1-10(2)5-3-9-4-7-12-8-6-11/h9,11H,3-8H2,1-2H3. The number of rotatable bonds is 8. The maximum atomic E-state index is 8.39.